The van der Waals surface area contributed by atoms with Crippen LogP contribution in [0.2, 0.25) is 0 Å². The minimum Gasteiger partial charge on any atom is -0.481 e. The van der Waals surface area contributed by atoms with Crippen LogP contribution < -0.4 is 10.1 Å². The number of hydrogen-bond donors (Lipinski definition) is 2. The minimum absolute atomic E-state index is 0.0325. The van der Waals surface area contributed by atoms with Crippen molar-refractivity contribution < 1.29 is 14.6 Å². The van der Waals surface area contributed by atoms with Gasteiger partial charge in [-0.2, -0.15) is 4.98 Å². The van der Waals surface area contributed by atoms with Crippen LogP contribution in [0.4, 0.5) is 5.82 Å². The van der Waals surface area contributed by atoms with Crippen molar-refractivity contribution in [3.8, 4) is 5.88 Å². The van der Waals surface area contributed by atoms with Crippen LogP contribution in [-0.4, -0.2) is 34.2 Å². The SMILES string of the molecule is CCOc1cncc(NCC(C)CC(=O)O)n1. The lowest BCUT2D eigenvalue weighted by Crippen LogP contribution is -2.15. The normalized spacial score (nSPS) is 11.9. The van der Waals surface area contributed by atoms with Crippen molar-refractivity contribution >= 4 is 11.8 Å². The number of aromatic nitrogens is 2. The van der Waals surface area contributed by atoms with E-state index in [0.29, 0.717) is 24.8 Å². The Bertz CT molecular complexity index is 371. The smallest absolute Gasteiger partial charge is 0.303 e. The van der Waals surface area contributed by atoms with Crippen molar-refractivity contribution in [3.63, 3.8) is 0 Å². The highest BCUT2D eigenvalue weighted by atomic mass is 16.5. The fraction of sp³-hybridized carbons (Fsp3) is 0.545. The first-order valence-electron chi connectivity index (χ1n) is 5.52. The fourth-order valence-electron chi connectivity index (χ4n) is 1.30. The Labute approximate surface area is 100 Å². The second-order valence-electron chi connectivity index (χ2n) is 3.76. The molecule has 0 spiro atoms. The van der Waals surface area contributed by atoms with Gasteiger partial charge in [-0.1, -0.05) is 6.92 Å². The molecule has 94 valence electrons. The van der Waals surface area contributed by atoms with E-state index in [2.05, 4.69) is 15.3 Å². The van der Waals surface area contributed by atoms with E-state index in [1.165, 1.54) is 6.20 Å². The second kappa shape index (κ2) is 6.67. The molecule has 0 aliphatic heterocycles. The van der Waals surface area contributed by atoms with E-state index in [1.54, 1.807) is 6.20 Å². The summed E-state index contributed by atoms with van der Waals surface area (Å²) in [7, 11) is 0. The van der Waals surface area contributed by atoms with Crippen LogP contribution in [-0.2, 0) is 4.79 Å². The summed E-state index contributed by atoms with van der Waals surface area (Å²) < 4.78 is 5.21. The molecule has 0 fully saturated rings. The van der Waals surface area contributed by atoms with Gasteiger partial charge in [0, 0.05) is 13.0 Å². The number of carboxylic acid groups (broad SMARTS) is 1. The number of nitrogens with one attached hydrogen (secondary N) is 1. The van der Waals surface area contributed by atoms with Gasteiger partial charge in [-0.15, -0.1) is 0 Å². The van der Waals surface area contributed by atoms with E-state index in [9.17, 15) is 4.79 Å². The van der Waals surface area contributed by atoms with Gasteiger partial charge in [-0.25, -0.2) is 0 Å². The Morgan fingerprint density at radius 2 is 2.35 bits per heavy atom. The Hall–Kier alpha value is -1.85. The highest BCUT2D eigenvalue weighted by Crippen LogP contribution is 2.10. The first kappa shape index (κ1) is 13.2. The molecule has 0 aliphatic carbocycles. The number of hydrogen-bond acceptors (Lipinski definition) is 5. The summed E-state index contributed by atoms with van der Waals surface area (Å²) in [6.07, 6.45) is 3.25. The lowest BCUT2D eigenvalue weighted by atomic mass is 10.1. The molecule has 0 saturated carbocycles. The number of nitrogens with zero attached hydrogens (tertiary/aromatic N) is 2. The van der Waals surface area contributed by atoms with Gasteiger partial charge in [0.15, 0.2) is 0 Å². The van der Waals surface area contributed by atoms with Gasteiger partial charge >= 0.3 is 5.97 Å². The third-order valence-electron chi connectivity index (χ3n) is 2.06. The molecule has 1 aromatic rings. The maximum atomic E-state index is 10.5. The largest absolute Gasteiger partial charge is 0.481 e. The van der Waals surface area contributed by atoms with E-state index in [4.69, 9.17) is 9.84 Å². The van der Waals surface area contributed by atoms with Crippen molar-refractivity contribution in [2.45, 2.75) is 20.3 Å². The maximum absolute atomic E-state index is 10.5. The highest BCUT2D eigenvalue weighted by molar-refractivity contribution is 5.67. The molecule has 6 nitrogen and oxygen atoms in total. The molecule has 0 amide bonds. The van der Waals surface area contributed by atoms with E-state index < -0.39 is 5.97 Å². The topological polar surface area (TPSA) is 84.3 Å². The summed E-state index contributed by atoms with van der Waals surface area (Å²) in [5, 5.41) is 11.7. The number of anilines is 1. The molecular formula is C11H17N3O3. The molecule has 0 aromatic carbocycles. The molecule has 0 saturated heterocycles. The van der Waals surface area contributed by atoms with Gasteiger partial charge in [0.2, 0.25) is 5.88 Å². The minimum atomic E-state index is -0.798. The van der Waals surface area contributed by atoms with Gasteiger partial charge in [-0.05, 0) is 12.8 Å². The Balaban J connectivity index is 2.45. The molecule has 1 unspecified atom stereocenters. The molecule has 1 atom stereocenters. The molecule has 1 aromatic heterocycles. The average molecular weight is 239 g/mol. The zero-order valence-electron chi connectivity index (χ0n) is 10.0. The molecule has 1 rings (SSSR count). The van der Waals surface area contributed by atoms with Crippen LogP contribution in [0.25, 0.3) is 0 Å². The van der Waals surface area contributed by atoms with E-state index in [0.717, 1.165) is 0 Å². The molecule has 0 aliphatic rings. The van der Waals surface area contributed by atoms with Crippen LogP contribution in [0.3, 0.4) is 0 Å². The average Bonchev–Trinajstić information content (AvgIpc) is 2.26. The number of ether oxygens (including phenoxy) is 1. The number of carbonyl (C=O) groups is 1. The molecular weight excluding hydrogens is 222 g/mol. The first-order chi connectivity index (χ1) is 8.11. The number of rotatable bonds is 7. The van der Waals surface area contributed by atoms with Crippen molar-refractivity contribution in [2.24, 2.45) is 5.92 Å². The highest BCUT2D eigenvalue weighted by Gasteiger charge is 2.07. The third-order valence-corrected chi connectivity index (χ3v) is 2.06. The van der Waals surface area contributed by atoms with Crippen LogP contribution in [0, 0.1) is 5.92 Å². The Kier molecular flexibility index (Phi) is 5.19. The summed E-state index contributed by atoms with van der Waals surface area (Å²) in [6.45, 7) is 4.81. The third kappa shape index (κ3) is 5.14. The number of carboxylic acids is 1. The molecule has 0 radical (unpaired) electrons. The first-order valence-corrected chi connectivity index (χ1v) is 5.52. The van der Waals surface area contributed by atoms with Crippen molar-refractivity contribution in [1.29, 1.82) is 0 Å². The quantitative estimate of drug-likeness (QED) is 0.748. The van der Waals surface area contributed by atoms with Gasteiger partial charge in [0.1, 0.15) is 5.82 Å². The Morgan fingerprint density at radius 3 is 3.00 bits per heavy atom. The Morgan fingerprint density at radius 1 is 1.59 bits per heavy atom. The van der Waals surface area contributed by atoms with Gasteiger partial charge in [0.25, 0.3) is 0 Å². The molecule has 0 bridgehead atoms. The monoisotopic (exact) mass is 239 g/mol. The summed E-state index contributed by atoms with van der Waals surface area (Å²) in [4.78, 5) is 18.6. The fourth-order valence-corrected chi connectivity index (χ4v) is 1.30. The van der Waals surface area contributed by atoms with Crippen molar-refractivity contribution in [3.05, 3.63) is 12.4 Å². The standard InChI is InChI=1S/C11H17N3O3/c1-3-17-10-7-12-6-9(14-10)13-5-8(2)4-11(15)16/h6-8H,3-5H2,1-2H3,(H,13,14)(H,15,16). The lowest BCUT2D eigenvalue weighted by Gasteiger charge is -2.11. The summed E-state index contributed by atoms with van der Waals surface area (Å²) >= 11 is 0. The summed E-state index contributed by atoms with van der Waals surface area (Å²) in [5.74, 6) is 0.287. The predicted molar refractivity (Wildman–Crippen MR) is 63.1 cm³/mol. The second-order valence-corrected chi connectivity index (χ2v) is 3.76. The van der Waals surface area contributed by atoms with E-state index >= 15 is 0 Å². The van der Waals surface area contributed by atoms with Crippen LogP contribution in [0.5, 0.6) is 5.88 Å². The van der Waals surface area contributed by atoms with Gasteiger partial charge < -0.3 is 15.2 Å². The molecule has 2 N–H and O–H groups in total. The summed E-state index contributed by atoms with van der Waals surface area (Å²) in [5.41, 5.74) is 0. The summed E-state index contributed by atoms with van der Waals surface area (Å²) in [6, 6.07) is 0. The molecule has 1 heterocycles. The zero-order valence-corrected chi connectivity index (χ0v) is 10.0. The molecule has 17 heavy (non-hydrogen) atoms. The van der Waals surface area contributed by atoms with Crippen molar-refractivity contribution in [2.75, 3.05) is 18.5 Å². The van der Waals surface area contributed by atoms with Crippen LogP contribution >= 0.6 is 0 Å². The predicted octanol–water partition coefficient (Wildman–Crippen LogP) is 1.40. The van der Waals surface area contributed by atoms with Crippen LogP contribution in [0.1, 0.15) is 20.3 Å². The maximum Gasteiger partial charge on any atom is 0.303 e. The van der Waals surface area contributed by atoms with Crippen molar-refractivity contribution in [1.82, 2.24) is 9.97 Å². The van der Waals surface area contributed by atoms with Gasteiger partial charge in [-0.3, -0.25) is 9.78 Å². The van der Waals surface area contributed by atoms with E-state index in [-0.39, 0.29) is 12.3 Å². The zero-order chi connectivity index (χ0) is 12.7. The lowest BCUT2D eigenvalue weighted by molar-refractivity contribution is -0.137. The number of aliphatic carboxylic acids is 1. The molecule has 6 heteroatoms. The van der Waals surface area contributed by atoms with Crippen LogP contribution in [0.15, 0.2) is 12.4 Å². The van der Waals surface area contributed by atoms with E-state index in [1.807, 2.05) is 13.8 Å². The van der Waals surface area contributed by atoms with Gasteiger partial charge in [0.05, 0.1) is 19.0 Å².